The molecular weight excluding hydrogens is 334 g/mol. The highest BCUT2D eigenvalue weighted by atomic mass is 16.5. The number of methoxy groups -OCH3 is 1. The fourth-order valence-electron chi connectivity index (χ4n) is 4.44. The monoisotopic (exact) mass is 365 g/mol. The summed E-state index contributed by atoms with van der Waals surface area (Å²) in [6.07, 6.45) is 4.83. The minimum Gasteiger partial charge on any atom is -0.481 e. The van der Waals surface area contributed by atoms with E-state index in [0.29, 0.717) is 17.8 Å². The molecule has 0 unspecified atom stereocenters. The lowest BCUT2D eigenvalue weighted by molar-refractivity contribution is 0.356. The van der Waals surface area contributed by atoms with E-state index in [0.717, 1.165) is 12.1 Å². The molecule has 3 rings (SSSR count). The van der Waals surface area contributed by atoms with Crippen LogP contribution in [0.1, 0.15) is 63.6 Å². The average molecular weight is 366 g/mol. The van der Waals surface area contributed by atoms with Crippen molar-refractivity contribution >= 4 is 17.6 Å². The zero-order valence-electron chi connectivity index (χ0n) is 17.6. The number of pyridine rings is 1. The highest BCUT2D eigenvalue weighted by molar-refractivity contribution is 5.86. The number of fused-ring (bicyclic) bond motifs is 1. The molecule has 1 atom stereocenters. The molecule has 1 aromatic carbocycles. The zero-order chi connectivity index (χ0) is 19.8. The molecule has 1 aliphatic heterocycles. The number of anilines is 1. The van der Waals surface area contributed by atoms with E-state index in [1.54, 1.807) is 13.3 Å². The first-order valence-corrected chi connectivity index (χ1v) is 9.71. The summed E-state index contributed by atoms with van der Waals surface area (Å²) in [6, 6.07) is 8.87. The summed E-state index contributed by atoms with van der Waals surface area (Å²) in [5, 5.41) is 0. The summed E-state index contributed by atoms with van der Waals surface area (Å²) >= 11 is 0. The van der Waals surface area contributed by atoms with Gasteiger partial charge in [0.25, 0.3) is 0 Å². The number of nitrogens with zero attached hydrogens (tertiary/aromatic N) is 3. The van der Waals surface area contributed by atoms with Crippen molar-refractivity contribution in [3.05, 3.63) is 47.2 Å². The van der Waals surface area contributed by atoms with Gasteiger partial charge in [-0.15, -0.1) is 0 Å². The van der Waals surface area contributed by atoms with Gasteiger partial charge in [-0.05, 0) is 81.8 Å². The standard InChI is InChI=1S/C23H31N3O/c1-15(2)26-21-10-16(3)18(11-20(21)17(4)12-23(26,5)6)13-24-19-8-9-22(27-7)25-14-19/h8-11,13-15,17H,12H2,1-7H3/t17-/m0/s1. The molecule has 4 nitrogen and oxygen atoms in total. The number of rotatable bonds is 4. The van der Waals surface area contributed by atoms with Crippen molar-refractivity contribution in [1.29, 1.82) is 0 Å². The first kappa shape index (κ1) is 19.4. The Morgan fingerprint density at radius 1 is 1.30 bits per heavy atom. The average Bonchev–Trinajstić information content (AvgIpc) is 2.59. The summed E-state index contributed by atoms with van der Waals surface area (Å²) < 4.78 is 5.10. The second-order valence-electron chi connectivity index (χ2n) is 8.47. The molecule has 0 N–H and O–H groups in total. The number of aromatic nitrogens is 1. The molecule has 0 aliphatic carbocycles. The third-order valence-electron chi connectivity index (χ3n) is 5.46. The van der Waals surface area contributed by atoms with E-state index in [1.807, 2.05) is 18.3 Å². The van der Waals surface area contributed by atoms with Crippen molar-refractivity contribution in [1.82, 2.24) is 4.98 Å². The summed E-state index contributed by atoms with van der Waals surface area (Å²) in [6.45, 7) is 13.8. The molecule has 2 aromatic rings. The number of hydrogen-bond acceptors (Lipinski definition) is 4. The lowest BCUT2D eigenvalue weighted by Gasteiger charge is -2.50. The lowest BCUT2D eigenvalue weighted by atomic mass is 9.78. The van der Waals surface area contributed by atoms with Crippen LogP contribution in [0.25, 0.3) is 0 Å². The highest BCUT2D eigenvalue weighted by Crippen LogP contribution is 2.45. The quantitative estimate of drug-likeness (QED) is 0.657. The number of aryl methyl sites for hydroxylation is 1. The van der Waals surface area contributed by atoms with Gasteiger partial charge in [-0.1, -0.05) is 6.92 Å². The Hall–Kier alpha value is -2.36. The Labute approximate surface area is 163 Å². The molecule has 0 bridgehead atoms. The summed E-state index contributed by atoms with van der Waals surface area (Å²) in [5.41, 5.74) is 6.19. The van der Waals surface area contributed by atoms with Gasteiger partial charge in [-0.25, -0.2) is 4.98 Å². The van der Waals surface area contributed by atoms with E-state index >= 15 is 0 Å². The number of ether oxygens (including phenoxy) is 1. The van der Waals surface area contributed by atoms with Crippen molar-refractivity contribution in [2.24, 2.45) is 4.99 Å². The van der Waals surface area contributed by atoms with Crippen molar-refractivity contribution in [2.75, 3.05) is 12.0 Å². The van der Waals surface area contributed by atoms with Crippen LogP contribution in [-0.2, 0) is 0 Å². The van der Waals surface area contributed by atoms with Crippen molar-refractivity contribution in [2.45, 2.75) is 65.5 Å². The van der Waals surface area contributed by atoms with Crippen LogP contribution in [0, 0.1) is 6.92 Å². The Bertz CT molecular complexity index is 837. The van der Waals surface area contributed by atoms with Gasteiger partial charge in [0.1, 0.15) is 0 Å². The van der Waals surface area contributed by atoms with E-state index in [2.05, 4.69) is 68.6 Å². The molecule has 1 aromatic heterocycles. The van der Waals surface area contributed by atoms with Crippen molar-refractivity contribution < 1.29 is 4.74 Å². The molecular formula is C23H31N3O. The molecule has 0 amide bonds. The molecule has 0 saturated heterocycles. The molecule has 27 heavy (non-hydrogen) atoms. The number of hydrogen-bond donors (Lipinski definition) is 0. The molecule has 0 radical (unpaired) electrons. The summed E-state index contributed by atoms with van der Waals surface area (Å²) in [5.74, 6) is 1.13. The van der Waals surface area contributed by atoms with Crippen LogP contribution in [0.2, 0.25) is 0 Å². The van der Waals surface area contributed by atoms with Crippen LogP contribution in [0.5, 0.6) is 5.88 Å². The molecule has 0 spiro atoms. The van der Waals surface area contributed by atoms with E-state index in [1.165, 1.54) is 22.4 Å². The molecule has 1 aliphatic rings. The normalized spacial score (nSPS) is 18.8. The smallest absolute Gasteiger partial charge is 0.213 e. The van der Waals surface area contributed by atoms with Gasteiger partial charge in [-0.2, -0.15) is 0 Å². The maximum absolute atomic E-state index is 5.10. The molecule has 0 fully saturated rings. The summed E-state index contributed by atoms with van der Waals surface area (Å²) in [7, 11) is 1.62. The van der Waals surface area contributed by atoms with E-state index in [-0.39, 0.29) is 5.54 Å². The Morgan fingerprint density at radius 2 is 2.04 bits per heavy atom. The largest absolute Gasteiger partial charge is 0.481 e. The number of aliphatic imine (C=N–C) groups is 1. The fourth-order valence-corrected chi connectivity index (χ4v) is 4.44. The van der Waals surface area contributed by atoms with Crippen LogP contribution >= 0.6 is 0 Å². The molecule has 4 heteroatoms. The maximum atomic E-state index is 5.10. The van der Waals surface area contributed by atoms with Crippen LogP contribution in [0.15, 0.2) is 35.5 Å². The van der Waals surface area contributed by atoms with Crippen molar-refractivity contribution in [3.63, 3.8) is 0 Å². The van der Waals surface area contributed by atoms with Gasteiger partial charge in [0.05, 0.1) is 19.0 Å². The predicted octanol–water partition coefficient (Wildman–Crippen LogP) is 5.65. The van der Waals surface area contributed by atoms with Gasteiger partial charge in [0.2, 0.25) is 5.88 Å². The van der Waals surface area contributed by atoms with Crippen LogP contribution < -0.4 is 9.64 Å². The third-order valence-corrected chi connectivity index (χ3v) is 5.46. The second kappa shape index (κ2) is 7.34. The third kappa shape index (κ3) is 3.85. The molecule has 0 saturated carbocycles. The zero-order valence-corrected chi connectivity index (χ0v) is 17.6. The van der Waals surface area contributed by atoms with Crippen LogP contribution in [-0.4, -0.2) is 29.9 Å². The van der Waals surface area contributed by atoms with Crippen LogP contribution in [0.3, 0.4) is 0 Å². The molecule has 144 valence electrons. The Kier molecular flexibility index (Phi) is 5.27. The first-order chi connectivity index (χ1) is 12.7. The van der Waals surface area contributed by atoms with E-state index in [4.69, 9.17) is 4.74 Å². The Morgan fingerprint density at radius 3 is 2.63 bits per heavy atom. The second-order valence-corrected chi connectivity index (χ2v) is 8.47. The predicted molar refractivity (Wildman–Crippen MR) is 114 cm³/mol. The van der Waals surface area contributed by atoms with Gasteiger partial charge < -0.3 is 9.64 Å². The van der Waals surface area contributed by atoms with Gasteiger partial charge in [0.15, 0.2) is 0 Å². The Balaban J connectivity index is 1.98. The minimum atomic E-state index is 0.164. The van der Waals surface area contributed by atoms with E-state index in [9.17, 15) is 0 Å². The highest BCUT2D eigenvalue weighted by Gasteiger charge is 2.37. The SMILES string of the molecule is COc1ccc(N=Cc2cc3c(cc2C)N(C(C)C)C(C)(C)C[C@@H]3C)cn1. The molecule has 2 heterocycles. The minimum absolute atomic E-state index is 0.164. The van der Waals surface area contributed by atoms with Crippen LogP contribution in [0.4, 0.5) is 11.4 Å². The topological polar surface area (TPSA) is 37.7 Å². The first-order valence-electron chi connectivity index (χ1n) is 9.71. The van der Waals surface area contributed by atoms with Gasteiger partial charge in [0, 0.05) is 29.5 Å². The maximum Gasteiger partial charge on any atom is 0.213 e. The summed E-state index contributed by atoms with van der Waals surface area (Å²) in [4.78, 5) is 11.4. The van der Waals surface area contributed by atoms with Gasteiger partial charge in [-0.3, -0.25) is 4.99 Å². The number of benzene rings is 1. The lowest BCUT2D eigenvalue weighted by Crippen LogP contribution is -2.51. The van der Waals surface area contributed by atoms with Crippen molar-refractivity contribution in [3.8, 4) is 5.88 Å². The fraction of sp³-hybridized carbons (Fsp3) is 0.478. The van der Waals surface area contributed by atoms with E-state index < -0.39 is 0 Å². The van der Waals surface area contributed by atoms with Gasteiger partial charge >= 0.3 is 0 Å².